The highest BCUT2D eigenvalue weighted by Crippen LogP contribution is 2.32. The number of carbonyl (C=O) groups excluding carboxylic acids is 2. The van der Waals surface area contributed by atoms with Crippen molar-refractivity contribution < 1.29 is 33.3 Å². The predicted octanol–water partition coefficient (Wildman–Crippen LogP) is 3.05. The molecule has 1 aliphatic heterocycles. The van der Waals surface area contributed by atoms with Gasteiger partial charge in [0.25, 0.3) is 5.91 Å². The van der Waals surface area contributed by atoms with Crippen molar-refractivity contribution in [3.05, 3.63) is 42.0 Å². The van der Waals surface area contributed by atoms with Crippen LogP contribution in [0.1, 0.15) is 24.2 Å². The number of benzene rings is 2. The third kappa shape index (κ3) is 4.90. The van der Waals surface area contributed by atoms with Crippen LogP contribution in [0.15, 0.2) is 36.4 Å². The summed E-state index contributed by atoms with van der Waals surface area (Å²) in [4.78, 5) is 24.8. The van der Waals surface area contributed by atoms with E-state index in [4.69, 9.17) is 23.7 Å². The zero-order chi connectivity index (χ0) is 20.8. The molecule has 1 N–H and O–H groups in total. The molecule has 0 fully saturated rings. The Morgan fingerprint density at radius 1 is 1.07 bits per heavy atom. The van der Waals surface area contributed by atoms with E-state index in [9.17, 15) is 9.59 Å². The minimum atomic E-state index is -1.01. The molecule has 2 aromatic rings. The molecule has 0 bridgehead atoms. The van der Waals surface area contributed by atoms with Gasteiger partial charge in [-0.15, -0.1) is 0 Å². The van der Waals surface area contributed by atoms with Gasteiger partial charge in [-0.1, -0.05) is 0 Å². The Morgan fingerprint density at radius 2 is 1.83 bits per heavy atom. The molecule has 0 aliphatic carbocycles. The first-order valence-electron chi connectivity index (χ1n) is 9.24. The lowest BCUT2D eigenvalue weighted by molar-refractivity contribution is -0.123. The average molecular weight is 401 g/mol. The topological polar surface area (TPSA) is 92.3 Å². The summed E-state index contributed by atoms with van der Waals surface area (Å²) in [7, 11) is 1.51. The van der Waals surface area contributed by atoms with Gasteiger partial charge in [0.1, 0.15) is 13.2 Å². The van der Waals surface area contributed by atoms with Crippen LogP contribution in [0.25, 0.3) is 0 Å². The number of nitrogens with one attached hydrogen (secondary N) is 1. The Morgan fingerprint density at radius 3 is 2.55 bits per heavy atom. The van der Waals surface area contributed by atoms with Crippen LogP contribution >= 0.6 is 0 Å². The van der Waals surface area contributed by atoms with E-state index in [2.05, 4.69) is 5.32 Å². The second-order valence-corrected chi connectivity index (χ2v) is 6.19. The number of amides is 1. The minimum Gasteiger partial charge on any atom is -0.493 e. The van der Waals surface area contributed by atoms with Crippen LogP contribution in [0, 0.1) is 0 Å². The number of methoxy groups -OCH3 is 1. The van der Waals surface area contributed by atoms with Gasteiger partial charge in [0, 0.05) is 11.8 Å². The minimum absolute atomic E-state index is 0.258. The number of fused-ring (bicyclic) bond motifs is 1. The monoisotopic (exact) mass is 401 g/mol. The molecule has 154 valence electrons. The summed E-state index contributed by atoms with van der Waals surface area (Å²) < 4.78 is 26.9. The van der Waals surface area contributed by atoms with Crippen molar-refractivity contribution in [2.45, 2.75) is 20.0 Å². The maximum absolute atomic E-state index is 12.4. The highest BCUT2D eigenvalue weighted by Gasteiger charge is 2.21. The molecule has 1 heterocycles. The molecular formula is C21H23NO7. The van der Waals surface area contributed by atoms with Gasteiger partial charge < -0.3 is 29.0 Å². The fourth-order valence-corrected chi connectivity index (χ4v) is 2.72. The summed E-state index contributed by atoms with van der Waals surface area (Å²) in [5, 5.41) is 2.70. The maximum atomic E-state index is 12.4. The molecule has 0 spiro atoms. The fourth-order valence-electron chi connectivity index (χ4n) is 2.72. The van der Waals surface area contributed by atoms with Crippen LogP contribution in [0.3, 0.4) is 0 Å². The highest BCUT2D eigenvalue weighted by atomic mass is 16.6. The normalized spacial score (nSPS) is 13.2. The van der Waals surface area contributed by atoms with E-state index < -0.39 is 18.0 Å². The Hall–Kier alpha value is -3.42. The molecule has 0 aromatic heterocycles. The molecule has 0 radical (unpaired) electrons. The molecule has 0 saturated heterocycles. The van der Waals surface area contributed by atoms with Gasteiger partial charge in [-0.25, -0.2) is 4.79 Å². The van der Waals surface area contributed by atoms with Gasteiger partial charge in [-0.05, 0) is 44.2 Å². The van der Waals surface area contributed by atoms with E-state index in [-0.39, 0.29) is 5.56 Å². The smallest absolute Gasteiger partial charge is 0.339 e. The first kappa shape index (κ1) is 20.3. The Balaban J connectivity index is 1.63. The second kappa shape index (κ2) is 9.18. The van der Waals surface area contributed by atoms with Gasteiger partial charge in [0.15, 0.2) is 29.1 Å². The lowest BCUT2D eigenvalue weighted by Gasteiger charge is -2.19. The maximum Gasteiger partial charge on any atom is 0.339 e. The lowest BCUT2D eigenvalue weighted by Crippen LogP contribution is -2.30. The quantitative estimate of drug-likeness (QED) is 0.713. The zero-order valence-electron chi connectivity index (χ0n) is 16.5. The molecule has 0 saturated carbocycles. The number of ether oxygens (including phenoxy) is 5. The molecule has 1 aliphatic rings. The van der Waals surface area contributed by atoms with E-state index in [1.165, 1.54) is 20.1 Å². The van der Waals surface area contributed by atoms with Gasteiger partial charge in [0.05, 0.1) is 19.3 Å². The van der Waals surface area contributed by atoms with Crippen LogP contribution in [0.5, 0.6) is 23.0 Å². The first-order chi connectivity index (χ1) is 14.0. The average Bonchev–Trinajstić information content (AvgIpc) is 2.73. The number of hydrogen-bond donors (Lipinski definition) is 1. The summed E-state index contributed by atoms with van der Waals surface area (Å²) >= 11 is 0. The van der Waals surface area contributed by atoms with Gasteiger partial charge >= 0.3 is 5.97 Å². The summed E-state index contributed by atoms with van der Waals surface area (Å²) in [5.41, 5.74) is 0.776. The molecule has 3 rings (SSSR count). The van der Waals surface area contributed by atoms with Crippen molar-refractivity contribution in [2.24, 2.45) is 0 Å². The summed E-state index contributed by atoms with van der Waals surface area (Å²) in [6.45, 7) is 4.68. The lowest BCUT2D eigenvalue weighted by atomic mass is 10.2. The molecular weight excluding hydrogens is 378 g/mol. The van der Waals surface area contributed by atoms with Crippen LogP contribution in [0.4, 0.5) is 5.69 Å². The zero-order valence-corrected chi connectivity index (χ0v) is 16.5. The fraction of sp³-hybridized carbons (Fsp3) is 0.333. The van der Waals surface area contributed by atoms with E-state index >= 15 is 0 Å². The summed E-state index contributed by atoms with van der Waals surface area (Å²) in [6.07, 6.45) is -1.01. The molecule has 1 amide bonds. The van der Waals surface area contributed by atoms with E-state index in [1.54, 1.807) is 30.3 Å². The van der Waals surface area contributed by atoms with Crippen LogP contribution in [-0.2, 0) is 9.53 Å². The van der Waals surface area contributed by atoms with Gasteiger partial charge in [-0.2, -0.15) is 0 Å². The SMILES string of the molecule is CCOc1cc(C(=O)OC(C)C(=O)Nc2ccc3c(c2)OCCO3)ccc1OC. The summed E-state index contributed by atoms with van der Waals surface area (Å²) in [6, 6.07) is 9.76. The van der Waals surface area contributed by atoms with Crippen molar-refractivity contribution in [1.82, 2.24) is 0 Å². The van der Waals surface area contributed by atoms with Crippen molar-refractivity contribution in [3.63, 3.8) is 0 Å². The predicted molar refractivity (Wildman–Crippen MR) is 105 cm³/mol. The Kier molecular flexibility index (Phi) is 6.43. The first-order valence-corrected chi connectivity index (χ1v) is 9.24. The second-order valence-electron chi connectivity index (χ2n) is 6.19. The number of anilines is 1. The molecule has 29 heavy (non-hydrogen) atoms. The molecule has 1 atom stereocenters. The van der Waals surface area contributed by atoms with Crippen molar-refractivity contribution in [2.75, 3.05) is 32.2 Å². The Labute approximate surface area is 168 Å². The van der Waals surface area contributed by atoms with E-state index in [0.717, 1.165) is 0 Å². The van der Waals surface area contributed by atoms with E-state index in [1.807, 2.05) is 6.92 Å². The highest BCUT2D eigenvalue weighted by molar-refractivity contribution is 5.97. The number of esters is 1. The Bertz CT molecular complexity index is 897. The van der Waals surface area contributed by atoms with Crippen LogP contribution in [0.2, 0.25) is 0 Å². The third-order valence-corrected chi connectivity index (χ3v) is 4.16. The largest absolute Gasteiger partial charge is 0.493 e. The number of carbonyl (C=O) groups is 2. The van der Waals surface area contributed by atoms with Gasteiger partial charge in [0.2, 0.25) is 0 Å². The van der Waals surface area contributed by atoms with Gasteiger partial charge in [-0.3, -0.25) is 4.79 Å². The number of hydrogen-bond acceptors (Lipinski definition) is 7. The molecule has 8 heteroatoms. The third-order valence-electron chi connectivity index (χ3n) is 4.16. The van der Waals surface area contributed by atoms with E-state index in [0.29, 0.717) is 48.5 Å². The van der Waals surface area contributed by atoms with Crippen LogP contribution in [-0.4, -0.2) is 44.9 Å². The van der Waals surface area contributed by atoms with Crippen molar-refractivity contribution >= 4 is 17.6 Å². The molecule has 8 nitrogen and oxygen atoms in total. The van der Waals surface area contributed by atoms with Crippen molar-refractivity contribution in [1.29, 1.82) is 0 Å². The molecule has 2 aromatic carbocycles. The number of rotatable bonds is 7. The standard InChI is InChI=1S/C21H23NO7/c1-4-26-18-11-14(5-7-16(18)25-3)21(24)29-13(2)20(23)22-15-6-8-17-19(12-15)28-10-9-27-17/h5-8,11-13H,4,9-10H2,1-3H3,(H,22,23). The summed E-state index contributed by atoms with van der Waals surface area (Å²) in [5.74, 6) is 1.01. The van der Waals surface area contributed by atoms with Crippen LogP contribution < -0.4 is 24.3 Å². The van der Waals surface area contributed by atoms with Crippen molar-refractivity contribution in [3.8, 4) is 23.0 Å². The molecule has 1 unspecified atom stereocenters.